The second-order valence-electron chi connectivity index (χ2n) is 9.05. The number of nitrogens with one attached hydrogen (secondary N) is 1. The average molecular weight is 532 g/mol. The summed E-state index contributed by atoms with van der Waals surface area (Å²) in [6.07, 6.45) is -3.76. The number of carbonyl (C=O) groups excluding carboxylic acids is 1. The highest BCUT2D eigenvalue weighted by atomic mass is 35.5. The number of fused-ring (bicyclic) bond motifs is 1. The van der Waals surface area contributed by atoms with Gasteiger partial charge in [0.25, 0.3) is 5.91 Å². The fourth-order valence-corrected chi connectivity index (χ4v) is 7.86. The number of anilines is 1. The Balaban J connectivity index is 1.72. The number of aliphatic imine (C=N–C) groups is 1. The van der Waals surface area contributed by atoms with Gasteiger partial charge in [0, 0.05) is 24.0 Å². The van der Waals surface area contributed by atoms with Gasteiger partial charge in [0.1, 0.15) is 27.6 Å². The fraction of sp³-hybridized carbons (Fsp3) is 0.409. The van der Waals surface area contributed by atoms with Crippen molar-refractivity contribution in [2.75, 3.05) is 11.9 Å². The predicted octanol–water partition coefficient (Wildman–Crippen LogP) is 4.75. The molecule has 4 rings (SSSR count). The lowest BCUT2D eigenvalue weighted by Crippen LogP contribution is -2.58. The van der Waals surface area contributed by atoms with Gasteiger partial charge < -0.3 is 11.1 Å². The van der Waals surface area contributed by atoms with E-state index in [-0.39, 0.29) is 17.1 Å². The molecule has 0 unspecified atom stereocenters. The Bertz CT molecular complexity index is 1380. The molecule has 3 heterocycles. The van der Waals surface area contributed by atoms with Gasteiger partial charge in [0.05, 0.1) is 25.6 Å². The van der Waals surface area contributed by atoms with Gasteiger partial charge in [0.2, 0.25) is 0 Å². The van der Waals surface area contributed by atoms with E-state index >= 15 is 4.39 Å². The van der Waals surface area contributed by atoms with E-state index in [1.807, 2.05) is 0 Å². The van der Waals surface area contributed by atoms with Gasteiger partial charge in [-0.1, -0.05) is 11.6 Å². The van der Waals surface area contributed by atoms with E-state index in [9.17, 15) is 22.2 Å². The summed E-state index contributed by atoms with van der Waals surface area (Å²) in [5, 5.41) is 1.35. The molecule has 0 fully saturated rings. The molecule has 35 heavy (non-hydrogen) atoms. The molecule has 0 saturated heterocycles. The molecule has 0 aliphatic carbocycles. The fourth-order valence-electron chi connectivity index (χ4n) is 4.45. The van der Waals surface area contributed by atoms with Crippen LogP contribution in [0.4, 0.5) is 23.2 Å². The highest BCUT2D eigenvalue weighted by Crippen LogP contribution is 2.48. The van der Waals surface area contributed by atoms with Crippen LogP contribution >= 0.6 is 11.6 Å². The zero-order valence-corrected chi connectivity index (χ0v) is 20.5. The highest BCUT2D eigenvalue weighted by molar-refractivity contribution is 7.96. The van der Waals surface area contributed by atoms with Crippen LogP contribution < -0.4 is 11.1 Å². The van der Waals surface area contributed by atoms with Crippen LogP contribution in [0.5, 0.6) is 0 Å². The summed E-state index contributed by atoms with van der Waals surface area (Å²) >= 11 is 5.86. The van der Waals surface area contributed by atoms with Gasteiger partial charge >= 0.3 is 6.18 Å². The van der Waals surface area contributed by atoms with Gasteiger partial charge in [-0.2, -0.15) is 13.2 Å². The molecular weight excluding hydrogens is 510 g/mol. The average Bonchev–Trinajstić information content (AvgIpc) is 3.18. The first-order valence-corrected chi connectivity index (χ1v) is 12.5. The van der Waals surface area contributed by atoms with Crippen LogP contribution in [0.15, 0.2) is 39.8 Å². The molecule has 2 aliphatic heterocycles. The smallest absolute Gasteiger partial charge is 0.386 e. The van der Waals surface area contributed by atoms with Crippen LogP contribution in [-0.2, 0) is 21.4 Å². The monoisotopic (exact) mass is 531 g/mol. The summed E-state index contributed by atoms with van der Waals surface area (Å²) in [5.74, 6) is -1.46. The SMILES string of the molecule is CC1(C)C(N)=N[C@](C)(c2cc(NC(=O)c3ncc(C(F)(F)F)cc3Cl)ccc2F)[C@@H]2CCN=[S@@]21=O. The number of carbonyl (C=O) groups is 1. The second-order valence-corrected chi connectivity index (χ2v) is 12.4. The van der Waals surface area contributed by atoms with E-state index in [1.165, 1.54) is 12.1 Å². The van der Waals surface area contributed by atoms with Crippen molar-refractivity contribution in [2.24, 2.45) is 15.1 Å². The molecular formula is C22H22ClF4N5O2S. The van der Waals surface area contributed by atoms with Gasteiger partial charge in [-0.3, -0.25) is 9.79 Å². The van der Waals surface area contributed by atoms with Crippen LogP contribution in [0.1, 0.15) is 48.8 Å². The third-order valence-electron chi connectivity index (χ3n) is 6.54. The number of halogens is 5. The van der Waals surface area contributed by atoms with Crippen LogP contribution in [0.3, 0.4) is 0 Å². The first-order valence-electron chi connectivity index (χ1n) is 10.5. The minimum absolute atomic E-state index is 0.0510. The van der Waals surface area contributed by atoms with E-state index in [0.717, 1.165) is 6.07 Å². The van der Waals surface area contributed by atoms with Crippen molar-refractivity contribution in [1.82, 2.24) is 4.98 Å². The molecule has 2 aromatic rings. The summed E-state index contributed by atoms with van der Waals surface area (Å²) < 4.78 is 70.9. The zero-order valence-electron chi connectivity index (χ0n) is 18.9. The molecule has 0 saturated carbocycles. The van der Waals surface area contributed by atoms with E-state index in [1.54, 1.807) is 20.8 Å². The molecule has 0 spiro atoms. The van der Waals surface area contributed by atoms with Gasteiger partial charge in [-0.05, 0) is 51.5 Å². The summed E-state index contributed by atoms with van der Waals surface area (Å²) in [7, 11) is -2.90. The number of benzene rings is 1. The first kappa shape index (κ1) is 25.4. The lowest BCUT2D eigenvalue weighted by atomic mass is 9.85. The lowest BCUT2D eigenvalue weighted by molar-refractivity contribution is -0.137. The maximum absolute atomic E-state index is 15.1. The number of hydrogen-bond donors (Lipinski definition) is 2. The Kier molecular flexibility index (Phi) is 5.91. The zero-order chi connectivity index (χ0) is 26.0. The number of nitrogens with zero attached hydrogens (tertiary/aromatic N) is 3. The number of rotatable bonds is 3. The lowest BCUT2D eigenvalue weighted by Gasteiger charge is -2.44. The van der Waals surface area contributed by atoms with Crippen molar-refractivity contribution in [3.05, 3.63) is 58.1 Å². The van der Waals surface area contributed by atoms with Crippen molar-refractivity contribution >= 4 is 38.8 Å². The third-order valence-corrected chi connectivity index (χ3v) is 10.5. The van der Waals surface area contributed by atoms with Gasteiger partial charge in [-0.15, -0.1) is 0 Å². The van der Waals surface area contributed by atoms with Gasteiger partial charge in [0.15, 0.2) is 0 Å². The molecule has 13 heteroatoms. The largest absolute Gasteiger partial charge is 0.417 e. The standard InChI is InChI=1S/C22H22ClF4N5O2S/c1-20(2)19(28)32-21(3,16-6-7-30-35(16,20)34)13-9-12(4-5-15(13)24)31-18(33)17-14(23)8-11(10-29-17)22(25,26)27/h4-5,8-10,16H,6-7H2,1-3H3,(H2,28,32)(H,31,33)/t16-,21+,35+/m0/s1. The number of amidine groups is 1. The van der Waals surface area contributed by atoms with Crippen molar-refractivity contribution in [3.63, 3.8) is 0 Å². The number of alkyl halides is 3. The quantitative estimate of drug-likeness (QED) is 0.557. The number of nitrogens with two attached hydrogens (primary N) is 1. The minimum Gasteiger partial charge on any atom is -0.386 e. The molecule has 0 radical (unpaired) electrons. The highest BCUT2D eigenvalue weighted by Gasteiger charge is 2.56. The first-order chi connectivity index (χ1) is 16.1. The second kappa shape index (κ2) is 8.16. The summed E-state index contributed by atoms with van der Waals surface area (Å²) in [6, 6.07) is 4.31. The van der Waals surface area contributed by atoms with Crippen LogP contribution in [0.25, 0.3) is 0 Å². The van der Waals surface area contributed by atoms with Crippen molar-refractivity contribution in [3.8, 4) is 0 Å². The number of aromatic nitrogens is 1. The Hall–Kier alpha value is -2.73. The molecule has 1 aromatic carbocycles. The van der Waals surface area contributed by atoms with Crippen LogP contribution in [0.2, 0.25) is 5.02 Å². The predicted molar refractivity (Wildman–Crippen MR) is 125 cm³/mol. The minimum atomic E-state index is -4.67. The Morgan fingerprint density at radius 3 is 2.57 bits per heavy atom. The summed E-state index contributed by atoms with van der Waals surface area (Å²) in [6.45, 7) is 5.34. The van der Waals surface area contributed by atoms with Crippen LogP contribution in [0, 0.1) is 5.82 Å². The molecule has 1 amide bonds. The molecule has 188 valence electrons. The normalized spacial score (nSPS) is 27.5. The maximum Gasteiger partial charge on any atom is 0.417 e. The number of pyridine rings is 1. The number of hydrogen-bond acceptors (Lipinski definition) is 6. The molecule has 1 aromatic heterocycles. The van der Waals surface area contributed by atoms with Gasteiger partial charge in [-0.25, -0.2) is 17.9 Å². The number of amides is 1. The topological polar surface area (TPSA) is 110 Å². The Morgan fingerprint density at radius 1 is 1.26 bits per heavy atom. The van der Waals surface area contributed by atoms with Crippen molar-refractivity contribution < 1.29 is 26.6 Å². The van der Waals surface area contributed by atoms with E-state index < -0.39 is 59.4 Å². The third kappa shape index (κ3) is 3.96. The Morgan fingerprint density at radius 2 is 1.94 bits per heavy atom. The molecule has 3 N–H and O–H groups in total. The van der Waals surface area contributed by atoms with E-state index in [4.69, 9.17) is 17.3 Å². The van der Waals surface area contributed by atoms with E-state index in [0.29, 0.717) is 25.2 Å². The summed E-state index contributed by atoms with van der Waals surface area (Å²) in [5.41, 5.74) is 3.49. The molecule has 2 aliphatic rings. The molecule has 7 nitrogen and oxygen atoms in total. The van der Waals surface area contributed by atoms with Crippen molar-refractivity contribution in [1.29, 1.82) is 0 Å². The van der Waals surface area contributed by atoms with Crippen LogP contribution in [-0.4, -0.2) is 37.5 Å². The molecule has 3 atom stereocenters. The maximum atomic E-state index is 15.1. The van der Waals surface area contributed by atoms with Crippen molar-refractivity contribution in [2.45, 2.75) is 48.9 Å². The Labute approximate surface area is 204 Å². The molecule has 0 bridgehead atoms. The summed E-state index contributed by atoms with van der Waals surface area (Å²) in [4.78, 5) is 20.8. The van der Waals surface area contributed by atoms with E-state index in [2.05, 4.69) is 19.7 Å².